The molecule has 0 spiro atoms. The summed E-state index contributed by atoms with van der Waals surface area (Å²) in [5.74, 6) is 0. The van der Waals surface area contributed by atoms with Crippen LogP contribution in [0.5, 0.6) is 0 Å². The molecule has 0 fully saturated rings. The number of unbranched alkanes of at least 4 members (excludes halogenated alkanes) is 1. The van der Waals surface area contributed by atoms with Crippen molar-refractivity contribution < 1.29 is 17.1 Å². The van der Waals surface area contributed by atoms with Gasteiger partial charge >= 0.3 is 47.4 Å². The summed E-state index contributed by atoms with van der Waals surface area (Å²) in [6.45, 7) is 2.26. The van der Waals surface area contributed by atoms with E-state index in [1.807, 2.05) is 0 Å². The molecule has 0 aliphatic rings. The molecule has 0 bridgehead atoms. The molecule has 7 heavy (non-hydrogen) atoms. The van der Waals surface area contributed by atoms with Crippen LogP contribution in [0, 0.1) is 0 Å². The fourth-order valence-corrected chi connectivity index (χ4v) is 2.60. The standard InChI is InChI=1S/C4H9.CH3.BrH.Zn/c1-3-4-2;;;/h1,3-4H2,2H3;1H3;1H;. The average Bonchev–Trinajstić information content (AvgIpc) is 1.61. The molecule has 0 atom stereocenters. The van der Waals surface area contributed by atoms with E-state index in [1.165, 1.54) is 12.8 Å². The Kier molecular flexibility index (Phi) is 15.9. The van der Waals surface area contributed by atoms with Gasteiger partial charge in [0.25, 0.3) is 0 Å². The van der Waals surface area contributed by atoms with E-state index < -0.39 is 0 Å². The van der Waals surface area contributed by atoms with Crippen LogP contribution < -0.4 is 0 Å². The van der Waals surface area contributed by atoms with Gasteiger partial charge in [-0.3, -0.25) is 0 Å². The second-order valence-corrected chi connectivity index (χ2v) is 5.29. The molecule has 0 nitrogen and oxygen atoms in total. The van der Waals surface area contributed by atoms with Gasteiger partial charge in [0.1, 0.15) is 0 Å². The van der Waals surface area contributed by atoms with Crippen LogP contribution in [0.4, 0.5) is 0 Å². The summed E-state index contributed by atoms with van der Waals surface area (Å²) in [7, 11) is 0. The Morgan fingerprint density at radius 1 is 1.43 bits per heavy atom. The Labute approximate surface area is 64.4 Å². The zero-order valence-electron chi connectivity index (χ0n) is 5.24. The van der Waals surface area contributed by atoms with Gasteiger partial charge in [0, 0.05) is 0 Å². The van der Waals surface area contributed by atoms with Crippen molar-refractivity contribution in [2.24, 2.45) is 0 Å². The molecular formula is C5H13BrZn. The first kappa shape index (κ1) is 11.0. The van der Waals surface area contributed by atoms with Gasteiger partial charge in [0.2, 0.25) is 0 Å². The molecule has 0 aromatic rings. The fraction of sp³-hybridized carbons (Fsp3) is 1.00. The Hall–Kier alpha value is 1.10. The quantitative estimate of drug-likeness (QED) is 0.505. The maximum absolute atomic E-state index is 2.42. The molecule has 0 heterocycles. The molecule has 0 saturated heterocycles. The summed E-state index contributed by atoms with van der Waals surface area (Å²) in [6, 6.07) is 0. The zero-order chi connectivity index (χ0) is 4.83. The van der Waals surface area contributed by atoms with Crippen molar-refractivity contribution in [1.29, 1.82) is 0 Å². The van der Waals surface area contributed by atoms with Crippen LogP contribution in [0.15, 0.2) is 0 Å². The molecule has 0 aliphatic carbocycles. The normalized spacial score (nSPS) is 6.57. The topological polar surface area (TPSA) is 0 Å². The number of rotatable bonds is 3. The summed E-state index contributed by atoms with van der Waals surface area (Å²) < 4.78 is 0. The second kappa shape index (κ2) is 10.2. The Balaban J connectivity index is 0. The summed E-state index contributed by atoms with van der Waals surface area (Å²) in [4.78, 5) is 0. The maximum atomic E-state index is 2.42. The van der Waals surface area contributed by atoms with E-state index in [1.54, 1.807) is 5.02 Å². The third-order valence-electron chi connectivity index (χ3n) is 0.957. The number of hydrogen-bond donors (Lipinski definition) is 0. The predicted molar refractivity (Wildman–Crippen MR) is 35.9 cm³/mol. The first-order valence-corrected chi connectivity index (χ1v) is 7.98. The monoisotopic (exact) mass is 216 g/mol. The van der Waals surface area contributed by atoms with Crippen LogP contribution in [0.3, 0.4) is 0 Å². The van der Waals surface area contributed by atoms with Crippen molar-refractivity contribution in [3.8, 4) is 0 Å². The molecule has 2 heteroatoms. The first-order valence-electron chi connectivity index (χ1n) is 2.91. The molecule has 0 radical (unpaired) electrons. The zero-order valence-corrected chi connectivity index (χ0v) is 9.92. The van der Waals surface area contributed by atoms with Crippen molar-refractivity contribution in [2.75, 3.05) is 0 Å². The molecule has 0 unspecified atom stereocenters. The van der Waals surface area contributed by atoms with Gasteiger partial charge in [-0.05, 0) is 0 Å². The van der Waals surface area contributed by atoms with Gasteiger partial charge in [-0.25, -0.2) is 0 Å². The van der Waals surface area contributed by atoms with Crippen LogP contribution in [-0.4, -0.2) is 0 Å². The van der Waals surface area contributed by atoms with E-state index in [0.717, 1.165) is 0 Å². The second-order valence-electron chi connectivity index (χ2n) is 1.71. The van der Waals surface area contributed by atoms with Gasteiger partial charge in [-0.2, -0.15) is 0 Å². The first-order chi connectivity index (χ1) is 2.91. The third-order valence-corrected chi connectivity index (χ3v) is 3.49. The SMILES string of the molecule is Br.CCC[CH2][Zn][CH3]. The van der Waals surface area contributed by atoms with Crippen LogP contribution in [0.25, 0.3) is 0 Å². The Bertz CT molecular complexity index is 20.0. The van der Waals surface area contributed by atoms with Crippen LogP contribution in [0.1, 0.15) is 19.8 Å². The molecule has 0 N–H and O–H groups in total. The molecule has 42 valence electrons. The van der Waals surface area contributed by atoms with E-state index in [9.17, 15) is 0 Å². The summed E-state index contributed by atoms with van der Waals surface area (Å²) >= 11 is 0.0698. The average molecular weight is 218 g/mol. The van der Waals surface area contributed by atoms with E-state index in [2.05, 4.69) is 12.4 Å². The van der Waals surface area contributed by atoms with E-state index in [0.29, 0.717) is 0 Å². The minimum atomic E-state index is 0. The van der Waals surface area contributed by atoms with Gasteiger partial charge < -0.3 is 0 Å². The van der Waals surface area contributed by atoms with Crippen molar-refractivity contribution in [2.45, 2.75) is 30.3 Å². The minimum absolute atomic E-state index is 0. The molecule has 0 aromatic heterocycles. The molecule has 0 aliphatic heterocycles. The molecular weight excluding hydrogens is 205 g/mol. The van der Waals surface area contributed by atoms with Crippen molar-refractivity contribution in [3.63, 3.8) is 0 Å². The van der Waals surface area contributed by atoms with Crippen LogP contribution in [0.2, 0.25) is 10.5 Å². The summed E-state index contributed by atoms with van der Waals surface area (Å²) in [5, 5.41) is 1.60. The third kappa shape index (κ3) is 11.0. The van der Waals surface area contributed by atoms with Crippen molar-refractivity contribution in [1.82, 2.24) is 0 Å². The van der Waals surface area contributed by atoms with Gasteiger partial charge in [0.05, 0.1) is 0 Å². The van der Waals surface area contributed by atoms with Crippen molar-refractivity contribution in [3.05, 3.63) is 0 Å². The van der Waals surface area contributed by atoms with Gasteiger partial charge in [-0.15, -0.1) is 17.0 Å². The van der Waals surface area contributed by atoms with Crippen LogP contribution in [-0.2, 0) is 17.1 Å². The van der Waals surface area contributed by atoms with E-state index >= 15 is 0 Å². The molecule has 0 aromatic carbocycles. The predicted octanol–water partition coefficient (Wildman–Crippen LogP) is 2.91. The number of hydrogen-bond acceptors (Lipinski definition) is 0. The number of halogens is 1. The van der Waals surface area contributed by atoms with Gasteiger partial charge in [0.15, 0.2) is 0 Å². The molecule has 0 amide bonds. The van der Waals surface area contributed by atoms with Crippen LogP contribution >= 0.6 is 17.0 Å². The van der Waals surface area contributed by atoms with Gasteiger partial charge in [-0.1, -0.05) is 0 Å². The summed E-state index contributed by atoms with van der Waals surface area (Å²) in [6.07, 6.45) is 2.90. The van der Waals surface area contributed by atoms with E-state index in [-0.39, 0.29) is 34.1 Å². The fourth-order valence-electron chi connectivity index (χ4n) is 0.500. The Morgan fingerprint density at radius 3 is 2.14 bits per heavy atom. The van der Waals surface area contributed by atoms with Crippen molar-refractivity contribution >= 4 is 17.0 Å². The summed E-state index contributed by atoms with van der Waals surface area (Å²) in [5.41, 5.74) is 2.42. The molecule has 0 saturated carbocycles. The molecule has 0 rings (SSSR count). The Morgan fingerprint density at radius 2 is 2.00 bits per heavy atom. The van der Waals surface area contributed by atoms with E-state index in [4.69, 9.17) is 0 Å².